The van der Waals surface area contributed by atoms with Gasteiger partial charge in [0.2, 0.25) is 5.91 Å². The fourth-order valence-electron chi connectivity index (χ4n) is 3.40. The molecule has 3 nitrogen and oxygen atoms in total. The summed E-state index contributed by atoms with van der Waals surface area (Å²) in [6.45, 7) is 2.63. The maximum atomic E-state index is 12.5. The van der Waals surface area contributed by atoms with Crippen LogP contribution in [0.5, 0.6) is 0 Å². The number of carbonyl (C=O) groups is 1. The molecule has 1 atom stereocenters. The lowest BCUT2D eigenvalue weighted by molar-refractivity contribution is -0.125. The summed E-state index contributed by atoms with van der Waals surface area (Å²) in [5, 5.41) is 3.13. The SMILES string of the molecule is O=C(NCCCc1ccccc1)C1CCCN1Cc1ccccc1. The van der Waals surface area contributed by atoms with E-state index in [0.717, 1.165) is 45.3 Å². The topological polar surface area (TPSA) is 32.3 Å². The molecule has 1 heterocycles. The number of nitrogens with one attached hydrogen (secondary N) is 1. The van der Waals surface area contributed by atoms with Gasteiger partial charge in [-0.2, -0.15) is 0 Å². The first-order valence-corrected chi connectivity index (χ1v) is 8.92. The van der Waals surface area contributed by atoms with Crippen LogP contribution in [0.3, 0.4) is 0 Å². The van der Waals surface area contributed by atoms with E-state index in [1.165, 1.54) is 11.1 Å². The number of hydrogen-bond acceptors (Lipinski definition) is 2. The summed E-state index contributed by atoms with van der Waals surface area (Å²) in [6.07, 6.45) is 4.08. The van der Waals surface area contributed by atoms with Gasteiger partial charge in [-0.15, -0.1) is 0 Å². The van der Waals surface area contributed by atoms with Gasteiger partial charge in [0.25, 0.3) is 0 Å². The van der Waals surface area contributed by atoms with Gasteiger partial charge < -0.3 is 5.32 Å². The molecule has 24 heavy (non-hydrogen) atoms. The lowest BCUT2D eigenvalue weighted by atomic mass is 10.1. The van der Waals surface area contributed by atoms with Gasteiger partial charge in [-0.1, -0.05) is 60.7 Å². The Kier molecular flexibility index (Phi) is 6.02. The fourth-order valence-corrected chi connectivity index (χ4v) is 3.40. The molecule has 0 aromatic heterocycles. The number of carbonyl (C=O) groups excluding carboxylic acids is 1. The first-order chi connectivity index (χ1) is 11.8. The number of rotatable bonds is 7. The van der Waals surface area contributed by atoms with E-state index in [1.54, 1.807) is 0 Å². The molecule has 1 unspecified atom stereocenters. The zero-order valence-electron chi connectivity index (χ0n) is 14.2. The van der Waals surface area contributed by atoms with Crippen LogP contribution >= 0.6 is 0 Å². The van der Waals surface area contributed by atoms with Crippen molar-refractivity contribution in [2.75, 3.05) is 13.1 Å². The van der Waals surface area contributed by atoms with Crippen LogP contribution in [0.2, 0.25) is 0 Å². The van der Waals surface area contributed by atoms with Crippen LogP contribution in [0.25, 0.3) is 0 Å². The normalized spacial score (nSPS) is 17.8. The van der Waals surface area contributed by atoms with Crippen LogP contribution in [-0.2, 0) is 17.8 Å². The predicted molar refractivity (Wildman–Crippen MR) is 97.6 cm³/mol. The minimum atomic E-state index is 0.0296. The van der Waals surface area contributed by atoms with E-state index in [4.69, 9.17) is 0 Å². The van der Waals surface area contributed by atoms with E-state index in [9.17, 15) is 4.79 Å². The van der Waals surface area contributed by atoms with Crippen molar-refractivity contribution in [1.82, 2.24) is 10.2 Å². The quantitative estimate of drug-likeness (QED) is 0.793. The van der Waals surface area contributed by atoms with E-state index in [1.807, 2.05) is 12.1 Å². The Morgan fingerprint density at radius 1 is 1.00 bits per heavy atom. The Hall–Kier alpha value is -2.13. The highest BCUT2D eigenvalue weighted by atomic mass is 16.2. The number of nitrogens with zero attached hydrogens (tertiary/aromatic N) is 1. The van der Waals surface area contributed by atoms with E-state index in [-0.39, 0.29) is 11.9 Å². The van der Waals surface area contributed by atoms with E-state index < -0.39 is 0 Å². The highest BCUT2D eigenvalue weighted by Gasteiger charge is 2.30. The van der Waals surface area contributed by atoms with Crippen molar-refractivity contribution >= 4 is 5.91 Å². The third kappa shape index (κ3) is 4.68. The molecule has 2 aromatic carbocycles. The Morgan fingerprint density at radius 2 is 1.67 bits per heavy atom. The monoisotopic (exact) mass is 322 g/mol. The van der Waals surface area contributed by atoms with Gasteiger partial charge in [-0.3, -0.25) is 9.69 Å². The number of likely N-dealkylation sites (tertiary alicyclic amines) is 1. The number of benzene rings is 2. The first-order valence-electron chi connectivity index (χ1n) is 8.92. The van der Waals surface area contributed by atoms with Gasteiger partial charge in [0, 0.05) is 13.1 Å². The summed E-state index contributed by atoms with van der Waals surface area (Å²) in [6, 6.07) is 20.9. The molecule has 1 aliphatic rings. The van der Waals surface area contributed by atoms with Crippen molar-refractivity contribution in [2.24, 2.45) is 0 Å². The van der Waals surface area contributed by atoms with Crippen molar-refractivity contribution in [3.8, 4) is 0 Å². The van der Waals surface area contributed by atoms with Gasteiger partial charge in [0.1, 0.15) is 0 Å². The lowest BCUT2D eigenvalue weighted by Crippen LogP contribution is -2.43. The standard InChI is InChI=1S/C21H26N2O/c24-21(22-15-7-13-18-9-3-1-4-10-18)20-14-8-16-23(20)17-19-11-5-2-6-12-19/h1-6,9-12,20H,7-8,13-17H2,(H,22,24). The second-order valence-corrected chi connectivity index (χ2v) is 6.49. The van der Waals surface area contributed by atoms with Crippen LogP contribution in [0, 0.1) is 0 Å². The van der Waals surface area contributed by atoms with Gasteiger partial charge in [0.15, 0.2) is 0 Å². The minimum absolute atomic E-state index is 0.0296. The number of hydrogen-bond donors (Lipinski definition) is 1. The fraction of sp³-hybridized carbons (Fsp3) is 0.381. The van der Waals surface area contributed by atoms with Gasteiger partial charge in [-0.25, -0.2) is 0 Å². The molecule has 0 saturated carbocycles. The molecule has 0 spiro atoms. The maximum Gasteiger partial charge on any atom is 0.237 e. The van der Waals surface area contributed by atoms with Crippen molar-refractivity contribution in [2.45, 2.75) is 38.3 Å². The van der Waals surface area contributed by atoms with Crippen LogP contribution in [0.15, 0.2) is 60.7 Å². The van der Waals surface area contributed by atoms with Crippen molar-refractivity contribution in [3.05, 3.63) is 71.8 Å². The molecular weight excluding hydrogens is 296 g/mol. The molecule has 0 radical (unpaired) electrons. The summed E-state index contributed by atoms with van der Waals surface area (Å²) in [5.74, 6) is 0.191. The lowest BCUT2D eigenvalue weighted by Gasteiger charge is -2.23. The molecule has 1 fully saturated rings. The van der Waals surface area contributed by atoms with Crippen molar-refractivity contribution in [1.29, 1.82) is 0 Å². The maximum absolute atomic E-state index is 12.5. The predicted octanol–water partition coefficient (Wildman–Crippen LogP) is 3.40. The zero-order chi connectivity index (χ0) is 16.6. The van der Waals surface area contributed by atoms with Gasteiger partial charge in [0.05, 0.1) is 6.04 Å². The van der Waals surface area contributed by atoms with Gasteiger partial charge >= 0.3 is 0 Å². The van der Waals surface area contributed by atoms with Crippen LogP contribution in [0.1, 0.15) is 30.4 Å². The number of aryl methyl sites for hydroxylation is 1. The van der Waals surface area contributed by atoms with Crippen LogP contribution in [-0.4, -0.2) is 29.9 Å². The van der Waals surface area contributed by atoms with Crippen LogP contribution < -0.4 is 5.32 Å². The third-order valence-electron chi connectivity index (χ3n) is 4.68. The molecule has 3 heteroatoms. The van der Waals surface area contributed by atoms with Crippen LogP contribution in [0.4, 0.5) is 0 Å². The average Bonchev–Trinajstić information content (AvgIpc) is 3.08. The molecule has 1 amide bonds. The summed E-state index contributed by atoms with van der Waals surface area (Å²) in [4.78, 5) is 14.8. The van der Waals surface area contributed by atoms with E-state index in [2.05, 4.69) is 58.7 Å². The molecule has 1 N–H and O–H groups in total. The second kappa shape index (κ2) is 8.65. The highest BCUT2D eigenvalue weighted by Crippen LogP contribution is 2.20. The molecule has 2 aromatic rings. The molecular formula is C21H26N2O. The van der Waals surface area contributed by atoms with E-state index >= 15 is 0 Å². The summed E-state index contributed by atoms with van der Waals surface area (Å²) in [5.41, 5.74) is 2.61. The highest BCUT2D eigenvalue weighted by molar-refractivity contribution is 5.82. The Balaban J connectivity index is 1.43. The van der Waals surface area contributed by atoms with E-state index in [0.29, 0.717) is 0 Å². The molecule has 0 bridgehead atoms. The van der Waals surface area contributed by atoms with Gasteiger partial charge in [-0.05, 0) is 43.4 Å². The average molecular weight is 322 g/mol. The Bertz CT molecular complexity index is 627. The molecule has 126 valence electrons. The summed E-state index contributed by atoms with van der Waals surface area (Å²) < 4.78 is 0. The molecule has 1 saturated heterocycles. The second-order valence-electron chi connectivity index (χ2n) is 6.49. The third-order valence-corrected chi connectivity index (χ3v) is 4.68. The smallest absolute Gasteiger partial charge is 0.237 e. The van der Waals surface area contributed by atoms with Crippen molar-refractivity contribution in [3.63, 3.8) is 0 Å². The largest absolute Gasteiger partial charge is 0.355 e. The molecule has 0 aliphatic carbocycles. The summed E-state index contributed by atoms with van der Waals surface area (Å²) in [7, 11) is 0. The minimum Gasteiger partial charge on any atom is -0.355 e. The zero-order valence-corrected chi connectivity index (χ0v) is 14.2. The summed E-state index contributed by atoms with van der Waals surface area (Å²) >= 11 is 0. The Morgan fingerprint density at radius 3 is 2.38 bits per heavy atom. The van der Waals surface area contributed by atoms with Crippen molar-refractivity contribution < 1.29 is 4.79 Å². The first kappa shape index (κ1) is 16.7. The Labute approximate surface area is 144 Å². The molecule has 3 rings (SSSR count). The molecule has 1 aliphatic heterocycles. The number of amides is 1.